The van der Waals surface area contributed by atoms with E-state index < -0.39 is 0 Å². The van der Waals surface area contributed by atoms with Gasteiger partial charge >= 0.3 is 0 Å². The van der Waals surface area contributed by atoms with Gasteiger partial charge in [-0.25, -0.2) is 15.0 Å². The number of aromatic nitrogens is 3. The molecule has 0 aliphatic heterocycles. The maximum Gasteiger partial charge on any atom is 0.164 e. The number of fused-ring (bicyclic) bond motifs is 5. The highest BCUT2D eigenvalue weighted by molar-refractivity contribution is 7.26. The van der Waals surface area contributed by atoms with Crippen molar-refractivity contribution in [1.82, 2.24) is 15.0 Å². The first-order valence-corrected chi connectivity index (χ1v) is 14.4. The first-order valence-electron chi connectivity index (χ1n) is 13.6. The van der Waals surface area contributed by atoms with Gasteiger partial charge in [-0.15, -0.1) is 11.3 Å². The molecule has 41 heavy (non-hydrogen) atoms. The van der Waals surface area contributed by atoms with Crippen molar-refractivity contribution in [2.24, 2.45) is 0 Å². The minimum Gasteiger partial charge on any atom is -0.208 e. The van der Waals surface area contributed by atoms with Gasteiger partial charge in [-0.05, 0) is 28.6 Å². The predicted octanol–water partition coefficient (Wildman–Crippen LogP) is 10.1. The molecular weight excluding hydrogens is 518 g/mol. The van der Waals surface area contributed by atoms with Crippen molar-refractivity contribution >= 4 is 42.3 Å². The Morgan fingerprint density at radius 3 is 1.61 bits per heavy atom. The molecule has 0 fully saturated rings. The van der Waals surface area contributed by atoms with Gasteiger partial charge in [0.25, 0.3) is 0 Å². The molecule has 8 rings (SSSR count). The summed E-state index contributed by atoms with van der Waals surface area (Å²) in [7, 11) is 0. The smallest absolute Gasteiger partial charge is 0.164 e. The topological polar surface area (TPSA) is 38.7 Å². The van der Waals surface area contributed by atoms with E-state index in [1.165, 1.54) is 36.5 Å². The molecule has 6 aromatic carbocycles. The van der Waals surface area contributed by atoms with Crippen molar-refractivity contribution in [1.29, 1.82) is 0 Å². The van der Waals surface area contributed by atoms with Crippen LogP contribution in [-0.2, 0) is 0 Å². The van der Waals surface area contributed by atoms with Crippen LogP contribution in [-0.4, -0.2) is 15.0 Å². The van der Waals surface area contributed by atoms with Gasteiger partial charge in [-0.1, -0.05) is 127 Å². The van der Waals surface area contributed by atoms with Crippen molar-refractivity contribution in [2.75, 3.05) is 0 Å². The van der Waals surface area contributed by atoms with Crippen LogP contribution in [0, 0.1) is 0 Å². The number of nitrogens with zero attached hydrogens (tertiary/aromatic N) is 3. The summed E-state index contributed by atoms with van der Waals surface area (Å²) in [6.07, 6.45) is 0. The average molecular weight is 542 g/mol. The van der Waals surface area contributed by atoms with Crippen LogP contribution < -0.4 is 0 Å². The van der Waals surface area contributed by atoms with E-state index in [1.54, 1.807) is 0 Å². The molecule has 0 saturated carbocycles. The first kappa shape index (κ1) is 23.7. The van der Waals surface area contributed by atoms with Crippen molar-refractivity contribution in [2.45, 2.75) is 0 Å². The minimum absolute atomic E-state index is 0.659. The summed E-state index contributed by atoms with van der Waals surface area (Å²) >= 11 is 1.87. The maximum atomic E-state index is 4.94. The van der Waals surface area contributed by atoms with Crippen LogP contribution in [0.4, 0.5) is 0 Å². The average Bonchev–Trinajstić information content (AvgIpc) is 3.44. The number of hydrogen-bond donors (Lipinski definition) is 0. The zero-order valence-electron chi connectivity index (χ0n) is 22.0. The first-order chi connectivity index (χ1) is 20.3. The van der Waals surface area contributed by atoms with Crippen LogP contribution >= 0.6 is 11.3 Å². The van der Waals surface area contributed by atoms with Crippen molar-refractivity contribution in [3.05, 3.63) is 140 Å². The Morgan fingerprint density at radius 2 is 0.878 bits per heavy atom. The molecule has 0 unspecified atom stereocenters. The van der Waals surface area contributed by atoms with E-state index in [-0.39, 0.29) is 0 Å². The molecule has 192 valence electrons. The summed E-state index contributed by atoms with van der Waals surface area (Å²) in [4.78, 5) is 14.7. The third-order valence-electron chi connectivity index (χ3n) is 7.53. The standard InChI is InChI=1S/C37H23N3S/c1-3-11-24(12-4-1)35-38-36(25-13-5-2-6-14-25)40-37(39-35)27-16-9-15-26(23-27)28-18-10-19-31-29(28)21-22-32-30-17-7-8-20-33(30)41-34(31)32/h1-23H. The van der Waals surface area contributed by atoms with Crippen LogP contribution in [0.5, 0.6) is 0 Å². The van der Waals surface area contributed by atoms with E-state index in [0.717, 1.165) is 22.3 Å². The zero-order chi connectivity index (χ0) is 27.2. The van der Waals surface area contributed by atoms with Gasteiger partial charge in [0.05, 0.1) is 0 Å². The van der Waals surface area contributed by atoms with Crippen molar-refractivity contribution in [3.8, 4) is 45.3 Å². The summed E-state index contributed by atoms with van der Waals surface area (Å²) in [5.74, 6) is 1.99. The van der Waals surface area contributed by atoms with E-state index >= 15 is 0 Å². The van der Waals surface area contributed by atoms with Crippen LogP contribution in [0.2, 0.25) is 0 Å². The monoisotopic (exact) mass is 541 g/mol. The molecule has 2 heterocycles. The number of thiophene rings is 1. The highest BCUT2D eigenvalue weighted by Crippen LogP contribution is 2.41. The lowest BCUT2D eigenvalue weighted by molar-refractivity contribution is 1.07. The Morgan fingerprint density at radius 1 is 0.366 bits per heavy atom. The molecule has 0 amide bonds. The van der Waals surface area contributed by atoms with Crippen LogP contribution in [0.15, 0.2) is 140 Å². The summed E-state index contributed by atoms with van der Waals surface area (Å²) in [5.41, 5.74) is 5.22. The molecule has 0 spiro atoms. The van der Waals surface area contributed by atoms with E-state index in [1.807, 2.05) is 72.0 Å². The maximum absolute atomic E-state index is 4.94. The zero-order valence-corrected chi connectivity index (χ0v) is 22.8. The third-order valence-corrected chi connectivity index (χ3v) is 8.75. The molecule has 3 nitrogen and oxygen atoms in total. The van der Waals surface area contributed by atoms with E-state index in [0.29, 0.717) is 17.5 Å². The molecule has 0 radical (unpaired) electrons. The molecule has 0 saturated heterocycles. The predicted molar refractivity (Wildman–Crippen MR) is 172 cm³/mol. The molecule has 8 aromatic rings. The molecule has 0 N–H and O–H groups in total. The molecule has 0 bridgehead atoms. The van der Waals surface area contributed by atoms with Crippen LogP contribution in [0.1, 0.15) is 0 Å². The number of benzene rings is 6. The van der Waals surface area contributed by atoms with Crippen LogP contribution in [0.25, 0.3) is 76.2 Å². The third kappa shape index (κ3) is 4.17. The fraction of sp³-hybridized carbons (Fsp3) is 0. The molecule has 2 aromatic heterocycles. The Labute approximate surface area is 241 Å². The summed E-state index contributed by atoms with van der Waals surface area (Å²) in [5, 5.41) is 5.16. The Balaban J connectivity index is 1.29. The lowest BCUT2D eigenvalue weighted by atomic mass is 9.96. The largest absolute Gasteiger partial charge is 0.208 e. The second-order valence-corrected chi connectivity index (χ2v) is 11.1. The normalized spacial score (nSPS) is 11.4. The highest BCUT2D eigenvalue weighted by Gasteiger charge is 2.15. The van der Waals surface area contributed by atoms with Gasteiger partial charge in [-0.3, -0.25) is 0 Å². The van der Waals surface area contributed by atoms with Crippen LogP contribution in [0.3, 0.4) is 0 Å². The van der Waals surface area contributed by atoms with Crippen molar-refractivity contribution < 1.29 is 0 Å². The highest BCUT2D eigenvalue weighted by atomic mass is 32.1. The summed E-state index contributed by atoms with van der Waals surface area (Å²) < 4.78 is 2.65. The fourth-order valence-corrected chi connectivity index (χ4v) is 6.79. The lowest BCUT2D eigenvalue weighted by Gasteiger charge is -2.11. The fourth-order valence-electron chi connectivity index (χ4n) is 5.56. The van der Waals surface area contributed by atoms with Gasteiger partial charge in [-0.2, -0.15) is 0 Å². The van der Waals surface area contributed by atoms with Gasteiger partial charge in [0.1, 0.15) is 0 Å². The Bertz CT molecular complexity index is 2140. The quantitative estimate of drug-likeness (QED) is 0.222. The molecule has 0 aliphatic carbocycles. The molecular formula is C37H23N3S. The summed E-state index contributed by atoms with van der Waals surface area (Å²) in [6, 6.07) is 48.5. The molecule has 0 atom stereocenters. The lowest BCUT2D eigenvalue weighted by Crippen LogP contribution is -2.00. The van der Waals surface area contributed by atoms with Crippen molar-refractivity contribution in [3.63, 3.8) is 0 Å². The summed E-state index contributed by atoms with van der Waals surface area (Å²) in [6.45, 7) is 0. The second kappa shape index (κ2) is 9.77. The van der Waals surface area contributed by atoms with E-state index in [4.69, 9.17) is 15.0 Å². The SMILES string of the molecule is c1ccc(-c2nc(-c3ccccc3)nc(-c3cccc(-c4cccc5c4ccc4c6ccccc6sc54)c3)n2)cc1. The van der Waals surface area contributed by atoms with Gasteiger partial charge in [0.15, 0.2) is 17.5 Å². The second-order valence-electron chi connectivity index (χ2n) is 10.1. The number of hydrogen-bond acceptors (Lipinski definition) is 4. The van der Waals surface area contributed by atoms with Gasteiger partial charge < -0.3 is 0 Å². The minimum atomic E-state index is 0.659. The van der Waals surface area contributed by atoms with Gasteiger partial charge in [0, 0.05) is 42.2 Å². The Kier molecular flexibility index (Phi) is 5.64. The van der Waals surface area contributed by atoms with E-state index in [9.17, 15) is 0 Å². The van der Waals surface area contributed by atoms with Gasteiger partial charge in [0.2, 0.25) is 0 Å². The van der Waals surface area contributed by atoms with E-state index in [2.05, 4.69) is 78.9 Å². The molecule has 4 heteroatoms. The number of rotatable bonds is 4. The Hall–Kier alpha value is -5.19. The molecule has 0 aliphatic rings.